The van der Waals surface area contributed by atoms with Gasteiger partial charge in [0, 0.05) is 24.0 Å². The summed E-state index contributed by atoms with van der Waals surface area (Å²) in [4.78, 5) is 11.3. The van der Waals surface area contributed by atoms with Crippen molar-refractivity contribution in [2.45, 2.75) is 26.8 Å². The van der Waals surface area contributed by atoms with Gasteiger partial charge in [-0.05, 0) is 39.0 Å². The van der Waals surface area contributed by atoms with Crippen LogP contribution in [0.2, 0.25) is 5.02 Å². The molecule has 21 heavy (non-hydrogen) atoms. The summed E-state index contributed by atoms with van der Waals surface area (Å²) in [5.74, 6) is -0.537. The SMILES string of the molecule is Cc1nn(C)c(C)c1C(C)Nc1ccc(Cl)c(C(N)=O)c1. The van der Waals surface area contributed by atoms with Gasteiger partial charge in [0.25, 0.3) is 0 Å². The Labute approximate surface area is 129 Å². The predicted molar refractivity (Wildman–Crippen MR) is 84.7 cm³/mol. The number of aromatic nitrogens is 2. The second kappa shape index (κ2) is 5.77. The molecule has 1 amide bonds. The zero-order valence-corrected chi connectivity index (χ0v) is 13.3. The molecule has 5 nitrogen and oxygen atoms in total. The number of nitrogens with one attached hydrogen (secondary N) is 1. The van der Waals surface area contributed by atoms with Crippen LogP contribution in [0.1, 0.15) is 40.3 Å². The zero-order valence-electron chi connectivity index (χ0n) is 12.6. The third kappa shape index (κ3) is 3.03. The van der Waals surface area contributed by atoms with Crippen LogP contribution in [0.3, 0.4) is 0 Å². The molecule has 0 spiro atoms. The summed E-state index contributed by atoms with van der Waals surface area (Å²) in [6, 6.07) is 5.22. The van der Waals surface area contributed by atoms with Gasteiger partial charge in [0.15, 0.2) is 0 Å². The van der Waals surface area contributed by atoms with Crippen LogP contribution >= 0.6 is 11.6 Å². The monoisotopic (exact) mass is 306 g/mol. The highest BCUT2D eigenvalue weighted by Gasteiger charge is 2.17. The highest BCUT2D eigenvalue weighted by molar-refractivity contribution is 6.33. The van der Waals surface area contributed by atoms with E-state index in [0.29, 0.717) is 10.6 Å². The Kier molecular flexibility index (Phi) is 4.23. The minimum atomic E-state index is -0.537. The Morgan fingerprint density at radius 1 is 1.43 bits per heavy atom. The average Bonchev–Trinajstić information content (AvgIpc) is 2.65. The van der Waals surface area contributed by atoms with Crippen molar-refractivity contribution in [1.82, 2.24) is 9.78 Å². The molecule has 0 aliphatic heterocycles. The summed E-state index contributed by atoms with van der Waals surface area (Å²) in [6.07, 6.45) is 0. The van der Waals surface area contributed by atoms with E-state index in [-0.39, 0.29) is 6.04 Å². The van der Waals surface area contributed by atoms with Gasteiger partial charge >= 0.3 is 0 Å². The second-order valence-electron chi connectivity index (χ2n) is 5.13. The topological polar surface area (TPSA) is 72.9 Å². The number of nitrogens with zero attached hydrogens (tertiary/aromatic N) is 2. The van der Waals surface area contributed by atoms with Gasteiger partial charge in [0.1, 0.15) is 0 Å². The fourth-order valence-electron chi connectivity index (χ4n) is 2.54. The minimum Gasteiger partial charge on any atom is -0.378 e. The molecule has 0 bridgehead atoms. The maximum atomic E-state index is 11.3. The normalized spacial score (nSPS) is 12.2. The minimum absolute atomic E-state index is 0.0561. The van der Waals surface area contributed by atoms with E-state index in [0.717, 1.165) is 22.6 Å². The lowest BCUT2D eigenvalue weighted by Crippen LogP contribution is -2.13. The predicted octanol–water partition coefficient (Wildman–Crippen LogP) is 2.96. The van der Waals surface area contributed by atoms with Crippen LogP contribution in [0.25, 0.3) is 0 Å². The molecule has 0 radical (unpaired) electrons. The largest absolute Gasteiger partial charge is 0.378 e. The lowest BCUT2D eigenvalue weighted by atomic mass is 10.1. The molecule has 6 heteroatoms. The molecule has 0 fully saturated rings. The smallest absolute Gasteiger partial charge is 0.250 e. The number of halogens is 1. The van der Waals surface area contributed by atoms with E-state index >= 15 is 0 Å². The van der Waals surface area contributed by atoms with Crippen molar-refractivity contribution in [2.75, 3.05) is 5.32 Å². The molecular formula is C15H19ClN4O. The molecule has 1 aromatic heterocycles. The lowest BCUT2D eigenvalue weighted by Gasteiger charge is -2.17. The fraction of sp³-hybridized carbons (Fsp3) is 0.333. The summed E-state index contributed by atoms with van der Waals surface area (Å²) >= 11 is 5.96. The number of carbonyl (C=O) groups excluding carboxylic acids is 1. The van der Waals surface area contributed by atoms with E-state index < -0.39 is 5.91 Å². The van der Waals surface area contributed by atoms with Gasteiger partial charge in [-0.1, -0.05) is 11.6 Å². The van der Waals surface area contributed by atoms with Gasteiger partial charge < -0.3 is 11.1 Å². The van der Waals surface area contributed by atoms with Crippen LogP contribution in [-0.2, 0) is 7.05 Å². The van der Waals surface area contributed by atoms with Crippen molar-refractivity contribution in [3.63, 3.8) is 0 Å². The summed E-state index contributed by atoms with van der Waals surface area (Å²) in [6.45, 7) is 6.07. The molecule has 1 heterocycles. The molecule has 0 saturated heterocycles. The standard InChI is InChI=1S/C15H19ClN4O/c1-8(14-9(2)19-20(4)10(14)3)18-11-5-6-13(16)12(7-11)15(17)21/h5-8,18H,1-4H3,(H2,17,21). The number of nitrogens with two attached hydrogens (primary N) is 1. The molecule has 1 aromatic carbocycles. The summed E-state index contributed by atoms with van der Waals surface area (Å²) in [7, 11) is 1.92. The Morgan fingerprint density at radius 3 is 2.62 bits per heavy atom. The molecule has 2 rings (SSSR count). The first kappa shape index (κ1) is 15.4. The van der Waals surface area contributed by atoms with Gasteiger partial charge in [-0.3, -0.25) is 9.48 Å². The van der Waals surface area contributed by atoms with E-state index in [1.165, 1.54) is 0 Å². The Balaban J connectivity index is 2.29. The molecule has 0 saturated carbocycles. The van der Waals surface area contributed by atoms with Crippen molar-refractivity contribution >= 4 is 23.2 Å². The van der Waals surface area contributed by atoms with Gasteiger partial charge in [-0.25, -0.2) is 0 Å². The maximum absolute atomic E-state index is 11.3. The second-order valence-corrected chi connectivity index (χ2v) is 5.54. The molecular weight excluding hydrogens is 288 g/mol. The quantitative estimate of drug-likeness (QED) is 0.912. The van der Waals surface area contributed by atoms with Crippen LogP contribution < -0.4 is 11.1 Å². The molecule has 3 N–H and O–H groups in total. The number of aryl methyl sites for hydroxylation is 2. The highest BCUT2D eigenvalue weighted by Crippen LogP contribution is 2.27. The van der Waals surface area contributed by atoms with Crippen molar-refractivity contribution in [1.29, 1.82) is 0 Å². The fourth-order valence-corrected chi connectivity index (χ4v) is 2.75. The summed E-state index contributed by atoms with van der Waals surface area (Å²) in [5, 5.41) is 8.13. The van der Waals surface area contributed by atoms with E-state index in [4.69, 9.17) is 17.3 Å². The first-order chi connectivity index (χ1) is 9.81. The Morgan fingerprint density at radius 2 is 2.10 bits per heavy atom. The third-order valence-corrected chi connectivity index (χ3v) is 3.94. The highest BCUT2D eigenvalue weighted by atomic mass is 35.5. The number of hydrogen-bond acceptors (Lipinski definition) is 3. The molecule has 0 aliphatic rings. The number of primary amides is 1. The lowest BCUT2D eigenvalue weighted by molar-refractivity contribution is 0.100. The number of benzene rings is 1. The van der Waals surface area contributed by atoms with Crippen LogP contribution in [0, 0.1) is 13.8 Å². The van der Waals surface area contributed by atoms with Crippen molar-refractivity contribution in [2.24, 2.45) is 12.8 Å². The van der Waals surface area contributed by atoms with E-state index in [9.17, 15) is 4.79 Å². The van der Waals surface area contributed by atoms with Gasteiger partial charge in [0.2, 0.25) is 5.91 Å². The van der Waals surface area contributed by atoms with Crippen molar-refractivity contribution in [3.05, 3.63) is 45.7 Å². The zero-order chi connectivity index (χ0) is 15.7. The van der Waals surface area contributed by atoms with Crippen molar-refractivity contribution < 1.29 is 4.79 Å². The maximum Gasteiger partial charge on any atom is 0.250 e. The molecule has 2 aromatic rings. The first-order valence-electron chi connectivity index (χ1n) is 6.67. The Hall–Kier alpha value is -2.01. The van der Waals surface area contributed by atoms with E-state index in [1.807, 2.05) is 31.6 Å². The molecule has 1 unspecified atom stereocenters. The summed E-state index contributed by atoms with van der Waals surface area (Å²) in [5.41, 5.74) is 9.66. The van der Waals surface area contributed by atoms with Crippen molar-refractivity contribution in [3.8, 4) is 0 Å². The van der Waals surface area contributed by atoms with Crippen LogP contribution in [0.4, 0.5) is 5.69 Å². The van der Waals surface area contributed by atoms with Crippen LogP contribution in [-0.4, -0.2) is 15.7 Å². The van der Waals surface area contributed by atoms with Crippen LogP contribution in [0.15, 0.2) is 18.2 Å². The number of carbonyl (C=O) groups is 1. The van der Waals surface area contributed by atoms with Gasteiger partial charge in [-0.2, -0.15) is 5.10 Å². The first-order valence-corrected chi connectivity index (χ1v) is 7.05. The number of rotatable bonds is 4. The summed E-state index contributed by atoms with van der Waals surface area (Å²) < 4.78 is 1.86. The number of hydrogen-bond donors (Lipinski definition) is 2. The Bertz CT molecular complexity index is 693. The van der Waals surface area contributed by atoms with Crippen LogP contribution in [0.5, 0.6) is 0 Å². The van der Waals surface area contributed by atoms with E-state index in [2.05, 4.69) is 17.3 Å². The number of anilines is 1. The van der Waals surface area contributed by atoms with E-state index in [1.54, 1.807) is 12.1 Å². The average molecular weight is 307 g/mol. The molecule has 1 atom stereocenters. The molecule has 112 valence electrons. The van der Waals surface area contributed by atoms with Gasteiger partial charge in [-0.15, -0.1) is 0 Å². The third-order valence-electron chi connectivity index (χ3n) is 3.61. The number of amides is 1. The van der Waals surface area contributed by atoms with Gasteiger partial charge in [0.05, 0.1) is 22.3 Å². The molecule has 0 aliphatic carbocycles.